The van der Waals surface area contributed by atoms with Crippen LogP contribution in [0.1, 0.15) is 0 Å². The van der Waals surface area contributed by atoms with Gasteiger partial charge in [-0.25, -0.2) is 9.69 Å². The molecule has 2 aliphatic rings. The van der Waals surface area contributed by atoms with Gasteiger partial charge in [-0.15, -0.1) is 0 Å². The van der Waals surface area contributed by atoms with Gasteiger partial charge in [0.15, 0.2) is 5.75 Å². The molecule has 0 aliphatic carbocycles. The first-order chi connectivity index (χ1) is 23.8. The van der Waals surface area contributed by atoms with Crippen molar-refractivity contribution in [3.05, 3.63) is 158 Å². The summed E-state index contributed by atoms with van der Waals surface area (Å²) in [5.74, 6) is 0.584. The van der Waals surface area contributed by atoms with E-state index in [-0.39, 0.29) is 6.71 Å². The molecule has 0 saturated carbocycles. The van der Waals surface area contributed by atoms with E-state index in [1.807, 2.05) is 54.6 Å². The molecule has 1 aromatic heterocycles. The minimum atomic E-state index is -0.441. The molecule has 0 atom stereocenters. The molecule has 0 spiro atoms. The van der Waals surface area contributed by atoms with Crippen LogP contribution in [0.4, 0.5) is 16.2 Å². The van der Waals surface area contributed by atoms with Gasteiger partial charge in [-0.2, -0.15) is 0 Å². The molecule has 3 heterocycles. The number of benzene rings is 7. The lowest BCUT2D eigenvalue weighted by molar-refractivity contribution is 0.210. The van der Waals surface area contributed by atoms with Gasteiger partial charge in [0.25, 0.3) is 6.71 Å². The molecule has 7 aromatic carbocycles. The van der Waals surface area contributed by atoms with Gasteiger partial charge in [0.2, 0.25) is 0 Å². The summed E-state index contributed by atoms with van der Waals surface area (Å²) in [5.41, 5.74) is 11.5. The van der Waals surface area contributed by atoms with Crippen molar-refractivity contribution in [3.8, 4) is 39.1 Å². The Balaban J connectivity index is 1.37. The smallest absolute Gasteiger partial charge is 0.424 e. The van der Waals surface area contributed by atoms with Crippen LogP contribution in [0.3, 0.4) is 0 Å². The number of nitrogens with zero attached hydrogens (tertiary/aromatic N) is 1. The fourth-order valence-electron chi connectivity index (χ4n) is 7.74. The van der Waals surface area contributed by atoms with Crippen LogP contribution in [-0.2, 0) is 0 Å². The number of hydrogen-bond donors (Lipinski definition) is 0. The van der Waals surface area contributed by atoms with Crippen LogP contribution in [0.5, 0.6) is 5.75 Å². The second-order valence-corrected chi connectivity index (χ2v) is 12.4. The van der Waals surface area contributed by atoms with Crippen LogP contribution in [0.2, 0.25) is 0 Å². The minimum absolute atomic E-state index is 0.279. The third-order valence-corrected chi connectivity index (χ3v) is 9.77. The number of carbonyl (C=O) groups excluding carboxylic acids is 1. The third-order valence-electron chi connectivity index (χ3n) is 9.77. The first-order valence-electron chi connectivity index (χ1n) is 16.2. The summed E-state index contributed by atoms with van der Waals surface area (Å²) in [7, 11) is 0. The van der Waals surface area contributed by atoms with Crippen LogP contribution in [0, 0.1) is 0 Å². The highest BCUT2D eigenvalue weighted by Crippen LogP contribution is 2.51. The van der Waals surface area contributed by atoms with Crippen molar-refractivity contribution in [2.75, 3.05) is 4.90 Å². The third kappa shape index (κ3) is 3.82. The van der Waals surface area contributed by atoms with E-state index in [1.54, 1.807) is 4.90 Å². The molecule has 0 radical (unpaired) electrons. The van der Waals surface area contributed by atoms with E-state index in [0.717, 1.165) is 83.1 Å². The van der Waals surface area contributed by atoms with E-state index in [9.17, 15) is 4.79 Å². The summed E-state index contributed by atoms with van der Waals surface area (Å²) < 4.78 is 13.2. The molecule has 0 saturated heterocycles. The fourth-order valence-corrected chi connectivity index (χ4v) is 7.74. The highest BCUT2D eigenvalue weighted by molar-refractivity contribution is 6.98. The van der Waals surface area contributed by atoms with Crippen LogP contribution in [0.15, 0.2) is 162 Å². The van der Waals surface area contributed by atoms with Gasteiger partial charge in [-0.05, 0) is 56.9 Å². The van der Waals surface area contributed by atoms with E-state index in [0.29, 0.717) is 5.75 Å². The monoisotopic (exact) mass is 615 g/mol. The fraction of sp³-hybridized carbons (Fsp3) is 0. The zero-order valence-electron chi connectivity index (χ0n) is 25.8. The molecular formula is C43H26BNO3. The average Bonchev–Trinajstić information content (AvgIpc) is 3.54. The predicted octanol–water partition coefficient (Wildman–Crippen LogP) is 9.07. The predicted molar refractivity (Wildman–Crippen MR) is 196 cm³/mol. The lowest BCUT2D eigenvalue weighted by atomic mass is 9.36. The van der Waals surface area contributed by atoms with Crippen molar-refractivity contribution in [2.24, 2.45) is 0 Å². The number of carbonyl (C=O) groups is 1. The molecule has 2 aliphatic heterocycles. The Morgan fingerprint density at radius 3 is 1.83 bits per heavy atom. The maximum absolute atomic E-state index is 14.5. The van der Waals surface area contributed by atoms with Gasteiger partial charge in [-0.3, -0.25) is 0 Å². The van der Waals surface area contributed by atoms with E-state index in [4.69, 9.17) is 9.15 Å². The SMILES string of the molecule is O=C1Oc2c(-c3ccccc3)cc(-c3ccccc3)c3ccc4c(c23)N1c1c(oc2ccccc12)B4c1ccccc1-c1ccccc1. The molecule has 0 unspecified atom stereocenters. The van der Waals surface area contributed by atoms with Crippen molar-refractivity contribution in [1.29, 1.82) is 0 Å². The molecule has 224 valence electrons. The number of fused-ring (bicyclic) bond motifs is 4. The molecular weight excluding hydrogens is 589 g/mol. The first-order valence-corrected chi connectivity index (χ1v) is 16.2. The number of furan rings is 1. The summed E-state index contributed by atoms with van der Waals surface area (Å²) in [5, 5.41) is 2.82. The Morgan fingerprint density at radius 1 is 0.500 bits per heavy atom. The van der Waals surface area contributed by atoms with Crippen molar-refractivity contribution >= 4 is 62.5 Å². The van der Waals surface area contributed by atoms with Gasteiger partial charge in [0.05, 0.1) is 17.0 Å². The normalized spacial score (nSPS) is 13.1. The molecule has 10 rings (SSSR count). The number of hydrogen-bond acceptors (Lipinski definition) is 3. The van der Waals surface area contributed by atoms with E-state index in [1.165, 1.54) is 0 Å². The topological polar surface area (TPSA) is 42.7 Å². The minimum Gasteiger partial charge on any atom is -0.468 e. The zero-order valence-corrected chi connectivity index (χ0v) is 25.8. The second kappa shape index (κ2) is 10.3. The van der Waals surface area contributed by atoms with Gasteiger partial charge >= 0.3 is 6.09 Å². The van der Waals surface area contributed by atoms with Crippen LogP contribution >= 0.6 is 0 Å². The van der Waals surface area contributed by atoms with Gasteiger partial charge in [-0.1, -0.05) is 145 Å². The summed E-state index contributed by atoms with van der Waals surface area (Å²) >= 11 is 0. The van der Waals surface area contributed by atoms with E-state index in [2.05, 4.69) is 103 Å². The lowest BCUT2D eigenvalue weighted by Gasteiger charge is -2.37. The summed E-state index contributed by atoms with van der Waals surface area (Å²) in [6, 6.07) is 54.1. The van der Waals surface area contributed by atoms with Crippen LogP contribution < -0.4 is 26.2 Å². The summed E-state index contributed by atoms with van der Waals surface area (Å²) in [6.45, 7) is -0.279. The maximum atomic E-state index is 14.5. The van der Waals surface area contributed by atoms with Crippen molar-refractivity contribution in [1.82, 2.24) is 0 Å². The molecule has 4 nitrogen and oxygen atoms in total. The van der Waals surface area contributed by atoms with Gasteiger partial charge < -0.3 is 9.15 Å². The zero-order chi connectivity index (χ0) is 31.8. The molecule has 5 heteroatoms. The first kappa shape index (κ1) is 26.8. The number of ether oxygens (including phenoxy) is 1. The Hall–Kier alpha value is -6.33. The molecule has 48 heavy (non-hydrogen) atoms. The van der Waals surface area contributed by atoms with Crippen LogP contribution in [-0.4, -0.2) is 12.8 Å². The molecule has 0 N–H and O–H groups in total. The summed E-state index contributed by atoms with van der Waals surface area (Å²) in [4.78, 5) is 16.2. The van der Waals surface area contributed by atoms with Crippen molar-refractivity contribution < 1.29 is 13.9 Å². The average molecular weight is 615 g/mol. The van der Waals surface area contributed by atoms with E-state index >= 15 is 0 Å². The number of amides is 1. The highest BCUT2D eigenvalue weighted by Gasteiger charge is 2.46. The molecule has 1 amide bonds. The van der Waals surface area contributed by atoms with Gasteiger partial charge in [0, 0.05) is 16.3 Å². The Labute approximate surface area is 277 Å². The number of para-hydroxylation sites is 1. The van der Waals surface area contributed by atoms with Crippen molar-refractivity contribution in [3.63, 3.8) is 0 Å². The lowest BCUT2D eigenvalue weighted by Crippen LogP contribution is -2.59. The highest BCUT2D eigenvalue weighted by atomic mass is 16.6. The molecule has 0 bridgehead atoms. The molecule has 0 fully saturated rings. The standard InChI is InChI=1S/C43H26BNO3/c46-43-45-39-32-21-11-13-23-37(32)47-42(39)44(35-22-12-10-20-30(35)27-14-4-1-5-15-27)36-25-24-31-33(28-16-6-2-7-17-28)26-34(29-18-8-3-9-19-29)41(48-43)38(31)40(36)45/h1-26H. The largest absolute Gasteiger partial charge is 0.468 e. The molecule has 8 aromatic rings. The second-order valence-electron chi connectivity index (χ2n) is 12.4. The number of anilines is 2. The Bertz CT molecular complexity index is 2560. The van der Waals surface area contributed by atoms with E-state index < -0.39 is 6.09 Å². The summed E-state index contributed by atoms with van der Waals surface area (Å²) in [6.07, 6.45) is -0.441. The Kier molecular flexibility index (Phi) is 5.79. The maximum Gasteiger partial charge on any atom is 0.424 e. The quantitative estimate of drug-likeness (QED) is 0.186. The Morgan fingerprint density at radius 2 is 1.10 bits per heavy atom. The van der Waals surface area contributed by atoms with Gasteiger partial charge in [0.1, 0.15) is 5.58 Å². The van der Waals surface area contributed by atoms with Crippen LogP contribution in [0.25, 0.3) is 55.1 Å². The number of rotatable bonds is 4. The van der Waals surface area contributed by atoms with Crippen molar-refractivity contribution in [2.45, 2.75) is 0 Å².